The first-order valence-electron chi connectivity index (χ1n) is 7.17. The molecule has 0 saturated heterocycles. The number of ether oxygens (including phenoxy) is 1. The second-order valence-electron chi connectivity index (χ2n) is 4.74. The molecule has 4 heteroatoms. The fourth-order valence-electron chi connectivity index (χ4n) is 1.94. The Hall–Kier alpha value is -2.75. The van der Waals surface area contributed by atoms with Crippen LogP contribution in [0.5, 0.6) is 5.75 Å². The molecule has 0 aromatic heterocycles. The van der Waals surface area contributed by atoms with Gasteiger partial charge in [0.05, 0.1) is 7.11 Å². The number of urea groups is 1. The minimum atomic E-state index is -0.208. The standard InChI is InChI=1S/C18H20N2O2/c1-22-17-9-7-16(8-10-17)12-14-20-18(21)19-13-11-15-5-3-2-4-6-15/h2-10,12,14H,11,13H2,1H3,(H2,19,20,21)/b14-12+. The van der Waals surface area contributed by atoms with E-state index < -0.39 is 0 Å². The van der Waals surface area contributed by atoms with E-state index in [4.69, 9.17) is 4.74 Å². The Morgan fingerprint density at radius 3 is 2.50 bits per heavy atom. The van der Waals surface area contributed by atoms with Crippen LogP contribution in [0.3, 0.4) is 0 Å². The Balaban J connectivity index is 1.69. The Kier molecular flexibility index (Phi) is 6.05. The summed E-state index contributed by atoms with van der Waals surface area (Å²) in [7, 11) is 1.63. The fraction of sp³-hybridized carbons (Fsp3) is 0.167. The molecule has 4 nitrogen and oxygen atoms in total. The average Bonchev–Trinajstić information content (AvgIpc) is 2.56. The third kappa shape index (κ3) is 5.32. The van der Waals surface area contributed by atoms with Crippen molar-refractivity contribution in [1.29, 1.82) is 0 Å². The van der Waals surface area contributed by atoms with Gasteiger partial charge in [0.2, 0.25) is 0 Å². The topological polar surface area (TPSA) is 50.4 Å². The van der Waals surface area contributed by atoms with Crippen LogP contribution in [0, 0.1) is 0 Å². The number of amides is 2. The van der Waals surface area contributed by atoms with Gasteiger partial charge in [-0.05, 0) is 35.8 Å². The van der Waals surface area contributed by atoms with Gasteiger partial charge < -0.3 is 15.4 Å². The Labute approximate surface area is 130 Å². The van der Waals surface area contributed by atoms with Gasteiger partial charge in [-0.3, -0.25) is 0 Å². The van der Waals surface area contributed by atoms with Crippen molar-refractivity contribution in [1.82, 2.24) is 10.6 Å². The van der Waals surface area contributed by atoms with E-state index in [0.29, 0.717) is 6.54 Å². The molecule has 0 unspecified atom stereocenters. The molecule has 0 aliphatic carbocycles. The summed E-state index contributed by atoms with van der Waals surface area (Å²) in [4.78, 5) is 11.6. The lowest BCUT2D eigenvalue weighted by molar-refractivity contribution is 0.244. The first kappa shape index (κ1) is 15.6. The number of carbonyl (C=O) groups is 1. The quantitative estimate of drug-likeness (QED) is 0.860. The van der Waals surface area contributed by atoms with Gasteiger partial charge in [0.1, 0.15) is 5.75 Å². The number of carbonyl (C=O) groups excluding carboxylic acids is 1. The predicted octanol–water partition coefficient (Wildman–Crippen LogP) is 3.21. The van der Waals surface area contributed by atoms with Crippen molar-refractivity contribution in [3.8, 4) is 5.75 Å². The van der Waals surface area contributed by atoms with E-state index in [2.05, 4.69) is 10.6 Å². The second-order valence-corrected chi connectivity index (χ2v) is 4.74. The van der Waals surface area contributed by atoms with Gasteiger partial charge in [0.25, 0.3) is 0 Å². The highest BCUT2D eigenvalue weighted by atomic mass is 16.5. The van der Waals surface area contributed by atoms with Gasteiger partial charge in [-0.15, -0.1) is 0 Å². The molecule has 0 atom stereocenters. The molecule has 2 aromatic rings. The summed E-state index contributed by atoms with van der Waals surface area (Å²) >= 11 is 0. The predicted molar refractivity (Wildman–Crippen MR) is 88.7 cm³/mol. The Morgan fingerprint density at radius 2 is 1.82 bits per heavy atom. The first-order valence-corrected chi connectivity index (χ1v) is 7.17. The zero-order chi connectivity index (χ0) is 15.6. The van der Waals surface area contributed by atoms with Crippen LogP contribution in [0.1, 0.15) is 11.1 Å². The fourth-order valence-corrected chi connectivity index (χ4v) is 1.94. The van der Waals surface area contributed by atoms with Crippen molar-refractivity contribution >= 4 is 12.1 Å². The minimum Gasteiger partial charge on any atom is -0.497 e. The molecule has 0 fully saturated rings. The van der Waals surface area contributed by atoms with E-state index in [1.165, 1.54) is 5.56 Å². The van der Waals surface area contributed by atoms with Crippen LogP contribution in [-0.2, 0) is 6.42 Å². The molecule has 0 spiro atoms. The lowest BCUT2D eigenvalue weighted by Gasteiger charge is -2.04. The third-order valence-electron chi connectivity index (χ3n) is 3.15. The first-order chi connectivity index (χ1) is 10.8. The molecular weight excluding hydrogens is 276 g/mol. The van der Waals surface area contributed by atoms with Crippen LogP contribution in [0.2, 0.25) is 0 Å². The van der Waals surface area contributed by atoms with E-state index >= 15 is 0 Å². The highest BCUT2D eigenvalue weighted by molar-refractivity contribution is 5.75. The Morgan fingerprint density at radius 1 is 1.09 bits per heavy atom. The Bertz CT molecular complexity index is 607. The van der Waals surface area contributed by atoms with E-state index in [0.717, 1.165) is 17.7 Å². The maximum absolute atomic E-state index is 11.6. The molecule has 0 heterocycles. The van der Waals surface area contributed by atoms with Gasteiger partial charge >= 0.3 is 6.03 Å². The van der Waals surface area contributed by atoms with Gasteiger partial charge in [-0.2, -0.15) is 0 Å². The van der Waals surface area contributed by atoms with Crippen molar-refractivity contribution in [3.63, 3.8) is 0 Å². The van der Waals surface area contributed by atoms with Crippen LogP contribution in [0.25, 0.3) is 6.08 Å². The number of rotatable bonds is 6. The van der Waals surface area contributed by atoms with Crippen molar-refractivity contribution in [2.24, 2.45) is 0 Å². The molecule has 2 amide bonds. The molecule has 2 N–H and O–H groups in total. The summed E-state index contributed by atoms with van der Waals surface area (Å²) in [6.45, 7) is 0.603. The van der Waals surface area contributed by atoms with Crippen LogP contribution >= 0.6 is 0 Å². The molecular formula is C18H20N2O2. The third-order valence-corrected chi connectivity index (χ3v) is 3.15. The average molecular weight is 296 g/mol. The van der Waals surface area contributed by atoms with Crippen molar-refractivity contribution in [2.75, 3.05) is 13.7 Å². The zero-order valence-electron chi connectivity index (χ0n) is 12.6. The summed E-state index contributed by atoms with van der Waals surface area (Å²) in [6, 6.07) is 17.4. The smallest absolute Gasteiger partial charge is 0.318 e. The zero-order valence-corrected chi connectivity index (χ0v) is 12.6. The maximum atomic E-state index is 11.6. The van der Waals surface area contributed by atoms with Crippen molar-refractivity contribution in [2.45, 2.75) is 6.42 Å². The van der Waals surface area contributed by atoms with Gasteiger partial charge in [0.15, 0.2) is 0 Å². The van der Waals surface area contributed by atoms with Crippen LogP contribution < -0.4 is 15.4 Å². The molecule has 0 saturated carbocycles. The molecule has 0 aliphatic rings. The van der Waals surface area contributed by atoms with E-state index in [1.807, 2.05) is 60.7 Å². The lowest BCUT2D eigenvalue weighted by Crippen LogP contribution is -2.33. The van der Waals surface area contributed by atoms with E-state index in [1.54, 1.807) is 13.3 Å². The highest BCUT2D eigenvalue weighted by Gasteiger charge is 1.97. The van der Waals surface area contributed by atoms with Gasteiger partial charge in [-0.1, -0.05) is 42.5 Å². The SMILES string of the molecule is COc1ccc(/C=C/NC(=O)NCCc2ccccc2)cc1. The summed E-state index contributed by atoms with van der Waals surface area (Å²) < 4.78 is 5.09. The van der Waals surface area contributed by atoms with Gasteiger partial charge in [0, 0.05) is 12.7 Å². The van der Waals surface area contributed by atoms with Crippen molar-refractivity contribution < 1.29 is 9.53 Å². The summed E-state index contributed by atoms with van der Waals surface area (Å²) in [5, 5.41) is 5.50. The molecule has 2 aromatic carbocycles. The molecule has 0 aliphatic heterocycles. The minimum absolute atomic E-state index is 0.208. The second kappa shape index (κ2) is 8.52. The largest absolute Gasteiger partial charge is 0.497 e. The van der Waals surface area contributed by atoms with Crippen LogP contribution in [0.15, 0.2) is 60.8 Å². The van der Waals surface area contributed by atoms with E-state index in [-0.39, 0.29) is 6.03 Å². The molecule has 114 valence electrons. The summed E-state index contributed by atoms with van der Waals surface area (Å²) in [5.74, 6) is 0.809. The van der Waals surface area contributed by atoms with E-state index in [9.17, 15) is 4.79 Å². The van der Waals surface area contributed by atoms with Crippen LogP contribution in [-0.4, -0.2) is 19.7 Å². The molecule has 2 rings (SSSR count). The lowest BCUT2D eigenvalue weighted by atomic mass is 10.1. The number of methoxy groups -OCH3 is 1. The maximum Gasteiger partial charge on any atom is 0.318 e. The number of nitrogens with one attached hydrogen (secondary N) is 2. The number of benzene rings is 2. The number of hydrogen-bond donors (Lipinski definition) is 2. The number of hydrogen-bond acceptors (Lipinski definition) is 2. The monoisotopic (exact) mass is 296 g/mol. The van der Waals surface area contributed by atoms with Crippen LogP contribution in [0.4, 0.5) is 4.79 Å². The van der Waals surface area contributed by atoms with Gasteiger partial charge in [-0.25, -0.2) is 4.79 Å². The molecule has 0 radical (unpaired) electrons. The summed E-state index contributed by atoms with van der Waals surface area (Å²) in [6.07, 6.45) is 4.27. The summed E-state index contributed by atoms with van der Waals surface area (Å²) in [5.41, 5.74) is 2.20. The highest BCUT2D eigenvalue weighted by Crippen LogP contribution is 2.11. The normalized spacial score (nSPS) is 10.4. The molecule has 22 heavy (non-hydrogen) atoms. The molecule has 0 bridgehead atoms. The van der Waals surface area contributed by atoms with Crippen molar-refractivity contribution in [3.05, 3.63) is 71.9 Å².